The van der Waals surface area contributed by atoms with Crippen LogP contribution in [0.5, 0.6) is 0 Å². The molecule has 0 atom stereocenters. The van der Waals surface area contributed by atoms with E-state index in [4.69, 9.17) is 5.26 Å². The summed E-state index contributed by atoms with van der Waals surface area (Å²) in [5.41, 5.74) is 1.57. The minimum atomic E-state index is 0.638. The number of nitriles is 1. The minimum absolute atomic E-state index is 0.638. The van der Waals surface area contributed by atoms with E-state index in [0.29, 0.717) is 10.9 Å². The van der Waals surface area contributed by atoms with Crippen LogP contribution in [0, 0.1) is 11.3 Å². The van der Waals surface area contributed by atoms with E-state index in [1.807, 2.05) is 18.2 Å². The first-order chi connectivity index (χ1) is 8.80. The number of hydrogen-bond donors (Lipinski definition) is 0. The molecule has 1 heterocycles. The molecule has 0 aliphatic rings. The summed E-state index contributed by atoms with van der Waals surface area (Å²) in [5, 5.41) is 18.0. The van der Waals surface area contributed by atoms with E-state index in [2.05, 4.69) is 43.7 Å². The number of nitrogens with zero attached hydrogens (tertiary/aromatic N) is 4. The van der Waals surface area contributed by atoms with Gasteiger partial charge in [0.2, 0.25) is 0 Å². The van der Waals surface area contributed by atoms with Crippen LogP contribution in [-0.2, 0) is 11.9 Å². The summed E-state index contributed by atoms with van der Waals surface area (Å²) in [6, 6.07) is 9.59. The number of rotatable bonds is 4. The highest BCUT2D eigenvalue weighted by Gasteiger charge is 2.12. The Morgan fingerprint density at radius 2 is 2.22 bits per heavy atom. The number of alkyl halides is 1. The molecule has 0 amide bonds. The van der Waals surface area contributed by atoms with Crippen molar-refractivity contribution >= 4 is 15.9 Å². The fourth-order valence-corrected chi connectivity index (χ4v) is 2.25. The highest BCUT2D eigenvalue weighted by molar-refractivity contribution is 9.08. The van der Waals surface area contributed by atoms with Gasteiger partial charge in [0, 0.05) is 12.1 Å². The molecule has 0 fully saturated rings. The van der Waals surface area contributed by atoms with Crippen molar-refractivity contribution < 1.29 is 0 Å². The molecule has 0 radical (unpaired) electrons. The average molecular weight is 305 g/mol. The van der Waals surface area contributed by atoms with E-state index in [-0.39, 0.29) is 0 Å². The van der Waals surface area contributed by atoms with Crippen LogP contribution in [0.25, 0.3) is 11.4 Å². The molecule has 2 aromatic rings. The standard InChI is InChI=1S/C13H13BrN4/c1-2-6-18-12(8-14)16-17-13(18)11-5-3-4-10(7-11)9-15/h3-5,7H,2,6,8H2,1H3. The van der Waals surface area contributed by atoms with Crippen LogP contribution in [0.2, 0.25) is 0 Å². The van der Waals surface area contributed by atoms with Gasteiger partial charge in [0.15, 0.2) is 5.82 Å². The Labute approximate surface area is 114 Å². The fourth-order valence-electron chi connectivity index (χ4n) is 1.83. The topological polar surface area (TPSA) is 54.5 Å². The van der Waals surface area contributed by atoms with Gasteiger partial charge in [-0.15, -0.1) is 10.2 Å². The van der Waals surface area contributed by atoms with Gasteiger partial charge < -0.3 is 4.57 Å². The van der Waals surface area contributed by atoms with Gasteiger partial charge in [-0.05, 0) is 18.6 Å². The number of halogens is 1. The second kappa shape index (κ2) is 5.78. The lowest BCUT2D eigenvalue weighted by Gasteiger charge is -2.07. The van der Waals surface area contributed by atoms with Crippen LogP contribution in [0.4, 0.5) is 0 Å². The van der Waals surface area contributed by atoms with Gasteiger partial charge in [0.05, 0.1) is 17.0 Å². The maximum Gasteiger partial charge on any atom is 0.164 e. The molecule has 92 valence electrons. The van der Waals surface area contributed by atoms with Crippen molar-refractivity contribution in [3.8, 4) is 17.5 Å². The molecule has 0 N–H and O–H groups in total. The van der Waals surface area contributed by atoms with Crippen molar-refractivity contribution in [1.82, 2.24) is 14.8 Å². The van der Waals surface area contributed by atoms with Crippen LogP contribution in [-0.4, -0.2) is 14.8 Å². The van der Waals surface area contributed by atoms with E-state index in [1.54, 1.807) is 6.07 Å². The molecule has 0 bridgehead atoms. The highest BCUT2D eigenvalue weighted by atomic mass is 79.9. The van der Waals surface area contributed by atoms with Crippen LogP contribution in [0.3, 0.4) is 0 Å². The van der Waals surface area contributed by atoms with Gasteiger partial charge in [-0.3, -0.25) is 0 Å². The quantitative estimate of drug-likeness (QED) is 0.816. The van der Waals surface area contributed by atoms with Gasteiger partial charge in [0.1, 0.15) is 5.82 Å². The molecule has 0 aliphatic heterocycles. The van der Waals surface area contributed by atoms with E-state index in [1.165, 1.54) is 0 Å². The fraction of sp³-hybridized carbons (Fsp3) is 0.308. The van der Waals surface area contributed by atoms with Crippen molar-refractivity contribution in [2.24, 2.45) is 0 Å². The summed E-state index contributed by atoms with van der Waals surface area (Å²) in [6.45, 7) is 2.99. The van der Waals surface area contributed by atoms with Crippen LogP contribution in [0.1, 0.15) is 24.7 Å². The van der Waals surface area contributed by atoms with Crippen LogP contribution >= 0.6 is 15.9 Å². The van der Waals surface area contributed by atoms with Gasteiger partial charge in [-0.2, -0.15) is 5.26 Å². The van der Waals surface area contributed by atoms with Crippen molar-refractivity contribution in [2.45, 2.75) is 25.2 Å². The van der Waals surface area contributed by atoms with E-state index in [0.717, 1.165) is 30.2 Å². The summed E-state index contributed by atoms with van der Waals surface area (Å²) in [4.78, 5) is 0. The van der Waals surface area contributed by atoms with E-state index in [9.17, 15) is 0 Å². The Kier molecular flexibility index (Phi) is 4.11. The Bertz CT molecular complexity index is 583. The van der Waals surface area contributed by atoms with E-state index < -0.39 is 0 Å². The molecule has 5 heteroatoms. The predicted molar refractivity (Wildman–Crippen MR) is 73.1 cm³/mol. The first-order valence-corrected chi connectivity index (χ1v) is 6.91. The van der Waals surface area contributed by atoms with Gasteiger partial charge in [-0.1, -0.05) is 35.0 Å². The molecule has 0 aliphatic carbocycles. The van der Waals surface area contributed by atoms with Crippen molar-refractivity contribution in [3.05, 3.63) is 35.7 Å². The molecule has 1 aromatic heterocycles. The number of hydrogen-bond acceptors (Lipinski definition) is 3. The first kappa shape index (κ1) is 12.8. The number of aromatic nitrogens is 3. The normalized spacial score (nSPS) is 10.3. The monoisotopic (exact) mass is 304 g/mol. The molecule has 2 rings (SSSR count). The lowest BCUT2D eigenvalue weighted by Crippen LogP contribution is -2.03. The minimum Gasteiger partial charge on any atom is -0.310 e. The van der Waals surface area contributed by atoms with Gasteiger partial charge >= 0.3 is 0 Å². The van der Waals surface area contributed by atoms with Crippen LogP contribution < -0.4 is 0 Å². The molecule has 0 saturated carbocycles. The molecule has 4 nitrogen and oxygen atoms in total. The molecule has 18 heavy (non-hydrogen) atoms. The highest BCUT2D eigenvalue weighted by Crippen LogP contribution is 2.20. The summed E-state index contributed by atoms with van der Waals surface area (Å²) >= 11 is 3.42. The molecule has 0 spiro atoms. The Hall–Kier alpha value is -1.67. The zero-order valence-corrected chi connectivity index (χ0v) is 11.7. The first-order valence-electron chi connectivity index (χ1n) is 5.78. The second-order valence-corrected chi connectivity index (χ2v) is 4.48. The number of benzene rings is 1. The summed E-state index contributed by atoms with van der Waals surface area (Å²) < 4.78 is 2.09. The zero-order chi connectivity index (χ0) is 13.0. The summed E-state index contributed by atoms with van der Waals surface area (Å²) in [7, 11) is 0. The van der Waals surface area contributed by atoms with Crippen LogP contribution in [0.15, 0.2) is 24.3 Å². The largest absolute Gasteiger partial charge is 0.310 e. The SMILES string of the molecule is CCCn1c(CBr)nnc1-c1cccc(C#N)c1. The smallest absolute Gasteiger partial charge is 0.164 e. The van der Waals surface area contributed by atoms with Gasteiger partial charge in [0.25, 0.3) is 0 Å². The maximum absolute atomic E-state index is 8.93. The van der Waals surface area contributed by atoms with E-state index >= 15 is 0 Å². The molecule has 1 aromatic carbocycles. The second-order valence-electron chi connectivity index (χ2n) is 3.92. The van der Waals surface area contributed by atoms with Crippen molar-refractivity contribution in [1.29, 1.82) is 5.26 Å². The third-order valence-corrected chi connectivity index (χ3v) is 3.15. The molecule has 0 unspecified atom stereocenters. The third-order valence-electron chi connectivity index (χ3n) is 2.64. The predicted octanol–water partition coefficient (Wildman–Crippen LogP) is 3.12. The third kappa shape index (κ3) is 2.44. The van der Waals surface area contributed by atoms with Crippen molar-refractivity contribution in [2.75, 3.05) is 0 Å². The average Bonchev–Trinajstić information content (AvgIpc) is 2.82. The molecular formula is C13H13BrN4. The lowest BCUT2D eigenvalue weighted by molar-refractivity contribution is 0.661. The lowest BCUT2D eigenvalue weighted by atomic mass is 10.1. The molecular weight excluding hydrogens is 292 g/mol. The van der Waals surface area contributed by atoms with Gasteiger partial charge in [-0.25, -0.2) is 0 Å². The van der Waals surface area contributed by atoms with Crippen molar-refractivity contribution in [3.63, 3.8) is 0 Å². The summed E-state index contributed by atoms with van der Waals surface area (Å²) in [5.74, 6) is 1.73. The Balaban J connectivity index is 2.49. The summed E-state index contributed by atoms with van der Waals surface area (Å²) in [6.07, 6.45) is 1.02. The zero-order valence-electron chi connectivity index (χ0n) is 10.1. The Morgan fingerprint density at radius 3 is 2.89 bits per heavy atom. The molecule has 0 saturated heterocycles. The maximum atomic E-state index is 8.93. The Morgan fingerprint density at radius 1 is 1.39 bits per heavy atom.